The molecule has 0 radical (unpaired) electrons. The summed E-state index contributed by atoms with van der Waals surface area (Å²) in [6.07, 6.45) is 1.08. The van der Waals surface area contributed by atoms with Crippen LogP contribution < -0.4 is 16.0 Å². The lowest BCUT2D eigenvalue weighted by Crippen LogP contribution is -2.47. The van der Waals surface area contributed by atoms with Crippen molar-refractivity contribution in [1.82, 2.24) is 20.9 Å². The number of rotatable bonds is 6. The Bertz CT molecular complexity index is 676. The second kappa shape index (κ2) is 7.78. The Hall–Kier alpha value is -2.90. The lowest BCUT2D eigenvalue weighted by molar-refractivity contribution is -0.135. The first kappa shape index (κ1) is 18.4. The SMILES string of the molecule is CCC[C@@]1(c2ccccc2)NC(=O)N(CC(=O)NC(=O)NCC)C1=O. The normalized spacial score (nSPS) is 19.5. The van der Waals surface area contributed by atoms with Crippen LogP contribution in [0.25, 0.3) is 0 Å². The Morgan fingerprint density at radius 3 is 2.44 bits per heavy atom. The lowest BCUT2D eigenvalue weighted by atomic mass is 9.85. The molecule has 0 aromatic heterocycles. The molecule has 1 atom stereocenters. The number of carbonyl (C=O) groups excluding carboxylic acids is 4. The van der Waals surface area contributed by atoms with Crippen molar-refractivity contribution in [2.75, 3.05) is 13.1 Å². The van der Waals surface area contributed by atoms with Gasteiger partial charge in [0.1, 0.15) is 12.1 Å². The van der Waals surface area contributed by atoms with E-state index in [1.807, 2.05) is 13.0 Å². The average Bonchev–Trinajstić information content (AvgIpc) is 2.81. The van der Waals surface area contributed by atoms with E-state index < -0.39 is 36.0 Å². The summed E-state index contributed by atoms with van der Waals surface area (Å²) in [4.78, 5) is 49.4. The smallest absolute Gasteiger partial charge is 0.325 e. The van der Waals surface area contributed by atoms with Crippen molar-refractivity contribution in [3.63, 3.8) is 0 Å². The molecule has 0 spiro atoms. The van der Waals surface area contributed by atoms with Crippen LogP contribution in [0, 0.1) is 0 Å². The van der Waals surface area contributed by atoms with E-state index in [1.54, 1.807) is 31.2 Å². The largest absolute Gasteiger partial charge is 0.338 e. The number of urea groups is 2. The highest BCUT2D eigenvalue weighted by molar-refractivity contribution is 6.10. The van der Waals surface area contributed by atoms with E-state index in [9.17, 15) is 19.2 Å². The molecule has 8 nitrogen and oxygen atoms in total. The zero-order chi connectivity index (χ0) is 18.4. The summed E-state index contributed by atoms with van der Waals surface area (Å²) in [5, 5.41) is 7.22. The van der Waals surface area contributed by atoms with Crippen molar-refractivity contribution in [2.45, 2.75) is 32.2 Å². The van der Waals surface area contributed by atoms with Crippen molar-refractivity contribution >= 4 is 23.9 Å². The molecule has 25 heavy (non-hydrogen) atoms. The number of hydrogen-bond acceptors (Lipinski definition) is 4. The van der Waals surface area contributed by atoms with Gasteiger partial charge in [0.25, 0.3) is 5.91 Å². The van der Waals surface area contributed by atoms with Gasteiger partial charge in [-0.05, 0) is 18.9 Å². The van der Waals surface area contributed by atoms with Gasteiger partial charge in [0.15, 0.2) is 0 Å². The van der Waals surface area contributed by atoms with Gasteiger partial charge in [-0.3, -0.25) is 19.8 Å². The average molecular weight is 346 g/mol. The molecule has 0 saturated carbocycles. The number of amides is 6. The van der Waals surface area contributed by atoms with Gasteiger partial charge in [-0.1, -0.05) is 43.7 Å². The summed E-state index contributed by atoms with van der Waals surface area (Å²) in [5.41, 5.74) is -0.513. The summed E-state index contributed by atoms with van der Waals surface area (Å²) in [6.45, 7) is 3.46. The zero-order valence-corrected chi connectivity index (χ0v) is 14.3. The number of imide groups is 2. The molecule has 1 fully saturated rings. The van der Waals surface area contributed by atoms with Crippen LogP contribution >= 0.6 is 0 Å². The van der Waals surface area contributed by atoms with Crippen LogP contribution in [0.15, 0.2) is 30.3 Å². The quantitative estimate of drug-likeness (QED) is 0.670. The van der Waals surface area contributed by atoms with E-state index in [4.69, 9.17) is 0 Å². The monoisotopic (exact) mass is 346 g/mol. The third-order valence-corrected chi connectivity index (χ3v) is 3.96. The maximum Gasteiger partial charge on any atom is 0.325 e. The third kappa shape index (κ3) is 3.78. The number of nitrogens with one attached hydrogen (secondary N) is 3. The fraction of sp³-hybridized carbons (Fsp3) is 0.412. The Balaban J connectivity index is 2.20. The fourth-order valence-electron chi connectivity index (χ4n) is 2.89. The molecular formula is C17H22N4O4. The van der Waals surface area contributed by atoms with Crippen LogP contribution in [-0.4, -0.2) is 41.9 Å². The van der Waals surface area contributed by atoms with E-state index in [0.29, 0.717) is 24.9 Å². The van der Waals surface area contributed by atoms with E-state index in [0.717, 1.165) is 4.90 Å². The zero-order valence-electron chi connectivity index (χ0n) is 14.3. The predicted octanol–water partition coefficient (Wildman–Crippen LogP) is 1.08. The molecule has 1 aromatic carbocycles. The molecule has 134 valence electrons. The van der Waals surface area contributed by atoms with Gasteiger partial charge in [0, 0.05) is 6.54 Å². The van der Waals surface area contributed by atoms with Crippen LogP contribution in [0.4, 0.5) is 9.59 Å². The topological polar surface area (TPSA) is 108 Å². The summed E-state index contributed by atoms with van der Waals surface area (Å²) in [7, 11) is 0. The first-order valence-electron chi connectivity index (χ1n) is 8.22. The predicted molar refractivity (Wildman–Crippen MR) is 90.5 cm³/mol. The Morgan fingerprint density at radius 1 is 1.16 bits per heavy atom. The molecule has 1 aliphatic heterocycles. The number of hydrogen-bond donors (Lipinski definition) is 3. The molecule has 8 heteroatoms. The molecule has 3 N–H and O–H groups in total. The highest BCUT2D eigenvalue weighted by Crippen LogP contribution is 2.33. The first-order chi connectivity index (χ1) is 11.9. The first-order valence-corrected chi connectivity index (χ1v) is 8.22. The van der Waals surface area contributed by atoms with Crippen LogP contribution in [0.1, 0.15) is 32.3 Å². The number of nitrogens with zero attached hydrogens (tertiary/aromatic N) is 1. The molecule has 1 aromatic rings. The van der Waals surface area contributed by atoms with Crippen LogP contribution in [0.5, 0.6) is 0 Å². The molecule has 1 heterocycles. The number of carbonyl (C=O) groups is 4. The lowest BCUT2D eigenvalue weighted by Gasteiger charge is -2.26. The van der Waals surface area contributed by atoms with Crippen molar-refractivity contribution in [3.05, 3.63) is 35.9 Å². The van der Waals surface area contributed by atoms with Gasteiger partial charge >= 0.3 is 12.1 Å². The van der Waals surface area contributed by atoms with Crippen molar-refractivity contribution in [3.8, 4) is 0 Å². The minimum Gasteiger partial charge on any atom is -0.338 e. The molecule has 0 aliphatic carbocycles. The molecule has 0 unspecified atom stereocenters. The molecule has 0 bridgehead atoms. The molecular weight excluding hydrogens is 324 g/mol. The van der Waals surface area contributed by atoms with Gasteiger partial charge in [-0.2, -0.15) is 0 Å². The molecule has 1 saturated heterocycles. The maximum atomic E-state index is 12.9. The molecule has 6 amide bonds. The van der Waals surface area contributed by atoms with Crippen molar-refractivity contribution < 1.29 is 19.2 Å². The highest BCUT2D eigenvalue weighted by Gasteiger charge is 2.52. The second-order valence-electron chi connectivity index (χ2n) is 5.75. The van der Waals surface area contributed by atoms with Gasteiger partial charge in [0.2, 0.25) is 5.91 Å². The van der Waals surface area contributed by atoms with E-state index in [1.165, 1.54) is 0 Å². The van der Waals surface area contributed by atoms with Gasteiger partial charge in [-0.25, -0.2) is 9.59 Å². The summed E-state index contributed by atoms with van der Waals surface area (Å²) in [5.74, 6) is -1.22. The standard InChI is InChI=1S/C17H22N4O4/c1-3-10-17(12-8-6-5-7-9-12)14(23)21(16(25)20-17)11-13(22)19-15(24)18-4-2/h5-9H,3-4,10-11H2,1-2H3,(H,20,25)(H2,18,19,22,24)/t17-/m0/s1. The van der Waals surface area contributed by atoms with Crippen LogP contribution in [-0.2, 0) is 15.1 Å². The minimum atomic E-state index is -1.18. The minimum absolute atomic E-state index is 0.357. The second-order valence-corrected chi connectivity index (χ2v) is 5.75. The Morgan fingerprint density at radius 2 is 1.84 bits per heavy atom. The summed E-state index contributed by atoms with van der Waals surface area (Å²) in [6, 6.07) is 7.63. The van der Waals surface area contributed by atoms with Crippen LogP contribution in [0.2, 0.25) is 0 Å². The third-order valence-electron chi connectivity index (χ3n) is 3.96. The summed E-state index contributed by atoms with van der Waals surface area (Å²) < 4.78 is 0. The van der Waals surface area contributed by atoms with Crippen molar-refractivity contribution in [1.29, 1.82) is 0 Å². The van der Waals surface area contributed by atoms with Crippen molar-refractivity contribution in [2.24, 2.45) is 0 Å². The summed E-state index contributed by atoms with van der Waals surface area (Å²) >= 11 is 0. The van der Waals surface area contributed by atoms with E-state index >= 15 is 0 Å². The maximum absolute atomic E-state index is 12.9. The van der Waals surface area contributed by atoms with Crippen LogP contribution in [0.3, 0.4) is 0 Å². The van der Waals surface area contributed by atoms with Gasteiger partial charge < -0.3 is 10.6 Å². The van der Waals surface area contributed by atoms with E-state index in [2.05, 4.69) is 16.0 Å². The number of benzene rings is 1. The highest BCUT2D eigenvalue weighted by atomic mass is 16.2. The van der Waals surface area contributed by atoms with Gasteiger partial charge in [0.05, 0.1) is 0 Å². The molecule has 2 rings (SSSR count). The fourth-order valence-corrected chi connectivity index (χ4v) is 2.89. The Labute approximate surface area is 145 Å². The molecule has 1 aliphatic rings. The van der Waals surface area contributed by atoms with Gasteiger partial charge in [-0.15, -0.1) is 0 Å². The van der Waals surface area contributed by atoms with E-state index in [-0.39, 0.29) is 0 Å². The Kier molecular flexibility index (Phi) is 5.74.